The summed E-state index contributed by atoms with van der Waals surface area (Å²) in [6.45, 7) is 2.22. The van der Waals surface area contributed by atoms with Crippen molar-refractivity contribution in [2.75, 3.05) is 0 Å². The molecule has 1 aliphatic heterocycles. The highest BCUT2D eigenvalue weighted by atomic mass is 16.5. The standard InChI is InChI=1S/C18H27NO2/c1-2-3-4-5-6-7-8-11-15-14-18(20)16-12-9-10-13-17(16)19(15)21/h9-10,12-14,17,20-21H,2-8,11H2,1H3/p-1. The van der Waals surface area contributed by atoms with Crippen LogP contribution in [0.25, 0.3) is 0 Å². The van der Waals surface area contributed by atoms with Crippen LogP contribution >= 0.6 is 0 Å². The lowest BCUT2D eigenvalue weighted by atomic mass is 9.95. The molecule has 0 amide bonds. The third-order valence-corrected chi connectivity index (χ3v) is 4.18. The summed E-state index contributed by atoms with van der Waals surface area (Å²) in [5.74, 6) is 0.0313. The minimum Gasteiger partial charge on any atom is -0.872 e. The van der Waals surface area contributed by atoms with Crippen molar-refractivity contribution >= 4 is 0 Å². The molecule has 3 heteroatoms. The molecule has 0 aromatic rings. The fourth-order valence-electron chi connectivity index (χ4n) is 2.90. The van der Waals surface area contributed by atoms with Crippen LogP contribution in [0.15, 0.2) is 47.4 Å². The van der Waals surface area contributed by atoms with Crippen molar-refractivity contribution in [3.63, 3.8) is 0 Å². The van der Waals surface area contributed by atoms with E-state index in [0.29, 0.717) is 5.57 Å². The molecule has 1 atom stereocenters. The highest BCUT2D eigenvalue weighted by molar-refractivity contribution is 5.44. The van der Waals surface area contributed by atoms with Gasteiger partial charge in [-0.25, -0.2) is 5.06 Å². The quantitative estimate of drug-likeness (QED) is 0.691. The van der Waals surface area contributed by atoms with Gasteiger partial charge in [-0.15, -0.1) is 5.76 Å². The normalized spacial score (nSPS) is 20.8. The van der Waals surface area contributed by atoms with E-state index in [1.54, 1.807) is 12.2 Å². The van der Waals surface area contributed by atoms with Gasteiger partial charge in [0.05, 0.1) is 6.04 Å². The van der Waals surface area contributed by atoms with Gasteiger partial charge in [-0.1, -0.05) is 69.8 Å². The molecule has 0 saturated heterocycles. The number of unbranched alkanes of at least 4 members (excludes halogenated alkanes) is 6. The zero-order valence-corrected chi connectivity index (χ0v) is 12.9. The second kappa shape index (κ2) is 8.08. The summed E-state index contributed by atoms with van der Waals surface area (Å²) < 4.78 is 0. The van der Waals surface area contributed by atoms with Gasteiger partial charge in [-0.05, 0) is 24.5 Å². The zero-order valence-electron chi connectivity index (χ0n) is 12.9. The van der Waals surface area contributed by atoms with Crippen LogP contribution in [0.5, 0.6) is 0 Å². The van der Waals surface area contributed by atoms with E-state index in [1.807, 2.05) is 18.2 Å². The van der Waals surface area contributed by atoms with Crippen molar-refractivity contribution < 1.29 is 10.3 Å². The summed E-state index contributed by atoms with van der Waals surface area (Å²) in [6.07, 6.45) is 18.4. The number of hydrogen-bond donors (Lipinski definition) is 1. The molecule has 1 N–H and O–H groups in total. The fourth-order valence-corrected chi connectivity index (χ4v) is 2.90. The van der Waals surface area contributed by atoms with Gasteiger partial charge in [0.25, 0.3) is 0 Å². The summed E-state index contributed by atoms with van der Waals surface area (Å²) >= 11 is 0. The monoisotopic (exact) mass is 288 g/mol. The summed E-state index contributed by atoms with van der Waals surface area (Å²) in [7, 11) is 0. The van der Waals surface area contributed by atoms with Crippen molar-refractivity contribution in [3.8, 4) is 0 Å². The summed E-state index contributed by atoms with van der Waals surface area (Å²) in [5.41, 5.74) is 1.41. The second-order valence-corrected chi connectivity index (χ2v) is 5.86. The molecule has 1 heterocycles. The molecule has 0 saturated carbocycles. The van der Waals surface area contributed by atoms with Crippen LogP contribution in [0, 0.1) is 0 Å². The smallest absolute Gasteiger partial charge is 0.0987 e. The van der Waals surface area contributed by atoms with Crippen LogP contribution in [-0.4, -0.2) is 16.3 Å². The van der Waals surface area contributed by atoms with Gasteiger partial charge in [0, 0.05) is 5.70 Å². The van der Waals surface area contributed by atoms with E-state index >= 15 is 0 Å². The maximum absolute atomic E-state index is 12.1. The maximum Gasteiger partial charge on any atom is 0.0987 e. The van der Waals surface area contributed by atoms with Crippen LogP contribution < -0.4 is 5.11 Å². The average Bonchev–Trinajstić information content (AvgIpc) is 2.51. The van der Waals surface area contributed by atoms with E-state index in [-0.39, 0.29) is 11.8 Å². The molecule has 0 spiro atoms. The molecule has 0 bridgehead atoms. The minimum atomic E-state index is -0.299. The average molecular weight is 288 g/mol. The van der Waals surface area contributed by atoms with Crippen LogP contribution in [-0.2, 0) is 0 Å². The van der Waals surface area contributed by atoms with Crippen molar-refractivity contribution in [2.45, 2.75) is 64.3 Å². The van der Waals surface area contributed by atoms with Crippen molar-refractivity contribution in [1.82, 2.24) is 5.06 Å². The molecule has 3 nitrogen and oxygen atoms in total. The van der Waals surface area contributed by atoms with E-state index < -0.39 is 0 Å². The lowest BCUT2D eigenvalue weighted by Gasteiger charge is -2.36. The van der Waals surface area contributed by atoms with Crippen LogP contribution in [0.3, 0.4) is 0 Å². The summed E-state index contributed by atoms with van der Waals surface area (Å²) in [6, 6.07) is -0.299. The Morgan fingerprint density at radius 2 is 1.81 bits per heavy atom. The first-order chi connectivity index (χ1) is 10.2. The number of fused-ring (bicyclic) bond motifs is 1. The van der Waals surface area contributed by atoms with E-state index in [0.717, 1.165) is 18.5 Å². The molecule has 0 fully saturated rings. The zero-order chi connectivity index (χ0) is 15.1. The first-order valence-corrected chi connectivity index (χ1v) is 8.18. The molecule has 21 heavy (non-hydrogen) atoms. The lowest BCUT2D eigenvalue weighted by molar-refractivity contribution is -0.299. The third-order valence-electron chi connectivity index (χ3n) is 4.18. The van der Waals surface area contributed by atoms with Gasteiger partial charge in [-0.2, -0.15) is 0 Å². The van der Waals surface area contributed by atoms with Crippen LogP contribution in [0.2, 0.25) is 0 Å². The molecule has 2 aliphatic rings. The van der Waals surface area contributed by atoms with E-state index in [9.17, 15) is 10.3 Å². The summed E-state index contributed by atoms with van der Waals surface area (Å²) in [5, 5.41) is 23.6. The Kier molecular flexibility index (Phi) is 6.12. The van der Waals surface area contributed by atoms with E-state index in [1.165, 1.54) is 43.6 Å². The fraction of sp³-hybridized carbons (Fsp3) is 0.556. The Balaban J connectivity index is 1.79. The molecule has 0 aromatic carbocycles. The first kappa shape index (κ1) is 15.9. The number of allylic oxidation sites excluding steroid dienone is 4. The topological polar surface area (TPSA) is 46.5 Å². The van der Waals surface area contributed by atoms with Crippen molar-refractivity contribution in [3.05, 3.63) is 47.4 Å². The maximum atomic E-state index is 12.1. The van der Waals surface area contributed by atoms with Crippen LogP contribution in [0.4, 0.5) is 0 Å². The molecular formula is C18H26NO2-. The third kappa shape index (κ3) is 4.24. The SMILES string of the molecule is CCCCCCCCCC1=CC([O-])=C2C=CC=CC2N1O. The Hall–Kier alpha value is -1.48. The van der Waals surface area contributed by atoms with Crippen molar-refractivity contribution in [1.29, 1.82) is 0 Å². The largest absolute Gasteiger partial charge is 0.872 e. The predicted octanol–water partition coefficient (Wildman–Crippen LogP) is 3.82. The van der Waals surface area contributed by atoms with E-state index in [4.69, 9.17) is 0 Å². The number of hydrogen-bond acceptors (Lipinski definition) is 3. The van der Waals surface area contributed by atoms with Gasteiger partial charge in [-0.3, -0.25) is 5.21 Å². The predicted molar refractivity (Wildman–Crippen MR) is 83.4 cm³/mol. The molecule has 0 radical (unpaired) electrons. The molecule has 116 valence electrons. The molecule has 1 unspecified atom stereocenters. The minimum absolute atomic E-state index is 0.0313. The number of hydroxylamine groups is 2. The molecule has 2 rings (SSSR count). The number of nitrogens with zero attached hydrogens (tertiary/aromatic N) is 1. The van der Waals surface area contributed by atoms with E-state index in [2.05, 4.69) is 6.92 Å². The molecular weight excluding hydrogens is 262 g/mol. The van der Waals surface area contributed by atoms with Gasteiger partial charge in [0.15, 0.2) is 0 Å². The first-order valence-electron chi connectivity index (χ1n) is 8.18. The van der Waals surface area contributed by atoms with Crippen molar-refractivity contribution in [2.24, 2.45) is 0 Å². The van der Waals surface area contributed by atoms with Gasteiger partial charge < -0.3 is 5.11 Å². The Morgan fingerprint density at radius 3 is 2.57 bits per heavy atom. The Labute approximate surface area is 127 Å². The van der Waals surface area contributed by atoms with Crippen LogP contribution in [0.1, 0.15) is 58.3 Å². The van der Waals surface area contributed by atoms with Gasteiger partial charge >= 0.3 is 0 Å². The lowest BCUT2D eigenvalue weighted by Crippen LogP contribution is -2.37. The molecule has 1 aliphatic carbocycles. The highest BCUT2D eigenvalue weighted by Crippen LogP contribution is 2.29. The molecule has 0 aromatic heterocycles. The second-order valence-electron chi connectivity index (χ2n) is 5.86. The Morgan fingerprint density at radius 1 is 1.10 bits per heavy atom. The van der Waals surface area contributed by atoms with Gasteiger partial charge in [0.2, 0.25) is 0 Å². The van der Waals surface area contributed by atoms with Gasteiger partial charge in [0.1, 0.15) is 0 Å². The summed E-state index contributed by atoms with van der Waals surface area (Å²) in [4.78, 5) is 0. The Bertz CT molecular complexity index is 460. The highest BCUT2D eigenvalue weighted by Gasteiger charge is 2.24. The number of rotatable bonds is 8.